The Kier molecular flexibility index (Phi) is 7.33. The van der Waals surface area contributed by atoms with Crippen LogP contribution >= 0.6 is 0 Å². The van der Waals surface area contributed by atoms with E-state index in [0.717, 1.165) is 19.3 Å². The highest BCUT2D eigenvalue weighted by molar-refractivity contribution is 5.70. The van der Waals surface area contributed by atoms with Crippen molar-refractivity contribution in [2.24, 2.45) is 18.9 Å². The molecular formula is C24H33N5O5. The lowest BCUT2D eigenvalue weighted by molar-refractivity contribution is -0.142. The van der Waals surface area contributed by atoms with Gasteiger partial charge in [-0.1, -0.05) is 11.6 Å². The van der Waals surface area contributed by atoms with E-state index in [4.69, 9.17) is 9.47 Å². The van der Waals surface area contributed by atoms with Crippen molar-refractivity contribution in [1.82, 2.24) is 24.9 Å². The Morgan fingerprint density at radius 2 is 1.97 bits per heavy atom. The summed E-state index contributed by atoms with van der Waals surface area (Å²) in [6, 6.07) is 3.65. The third kappa shape index (κ3) is 5.84. The minimum atomic E-state index is -0.754. The Morgan fingerprint density at radius 1 is 1.21 bits per heavy atom. The van der Waals surface area contributed by atoms with Crippen LogP contribution < -0.4 is 4.74 Å². The summed E-state index contributed by atoms with van der Waals surface area (Å²) in [5.41, 5.74) is 2.50. The van der Waals surface area contributed by atoms with Crippen LogP contribution in [-0.4, -0.2) is 61.7 Å². The number of carbonyl (C=O) groups is 2. The van der Waals surface area contributed by atoms with Gasteiger partial charge in [0.25, 0.3) is 0 Å². The summed E-state index contributed by atoms with van der Waals surface area (Å²) >= 11 is 0. The molecule has 184 valence electrons. The Morgan fingerprint density at radius 3 is 2.68 bits per heavy atom. The van der Waals surface area contributed by atoms with Crippen molar-refractivity contribution in [1.29, 1.82) is 0 Å². The number of hydrogen-bond acceptors (Lipinski definition) is 7. The number of nitrogens with zero attached hydrogens (tertiary/aromatic N) is 5. The van der Waals surface area contributed by atoms with Crippen LogP contribution in [0.1, 0.15) is 56.3 Å². The molecule has 2 heterocycles. The number of aliphatic carboxylic acids is 1. The van der Waals surface area contributed by atoms with Crippen LogP contribution in [0.3, 0.4) is 0 Å². The van der Waals surface area contributed by atoms with E-state index in [2.05, 4.69) is 15.3 Å². The molecule has 0 aromatic carbocycles. The summed E-state index contributed by atoms with van der Waals surface area (Å²) in [5.74, 6) is 0.106. The normalized spacial score (nSPS) is 20.4. The van der Waals surface area contributed by atoms with E-state index in [1.165, 1.54) is 12.8 Å². The summed E-state index contributed by atoms with van der Waals surface area (Å²) in [7, 11) is 3.50. The van der Waals surface area contributed by atoms with Crippen molar-refractivity contribution in [3.63, 3.8) is 0 Å². The van der Waals surface area contributed by atoms with E-state index in [1.807, 2.05) is 19.1 Å². The SMILES string of the molecule is Cc1nc(-c2nnn(C)c2COC(=O)N(C)CC2CC2)ccc1OC1CCCCC(C(=O)O)C1. The van der Waals surface area contributed by atoms with Crippen molar-refractivity contribution < 1.29 is 24.2 Å². The van der Waals surface area contributed by atoms with Crippen LogP contribution in [0.5, 0.6) is 5.75 Å². The highest BCUT2D eigenvalue weighted by Crippen LogP contribution is 2.31. The van der Waals surface area contributed by atoms with E-state index >= 15 is 0 Å². The van der Waals surface area contributed by atoms with Gasteiger partial charge in [0.05, 0.1) is 23.4 Å². The molecule has 2 aromatic rings. The number of carbonyl (C=O) groups excluding carboxylic acids is 1. The number of hydrogen-bond donors (Lipinski definition) is 1. The maximum absolute atomic E-state index is 12.3. The monoisotopic (exact) mass is 471 g/mol. The summed E-state index contributed by atoms with van der Waals surface area (Å²) in [6.07, 6.45) is 5.72. The molecular weight excluding hydrogens is 438 g/mol. The first-order valence-electron chi connectivity index (χ1n) is 12.0. The van der Waals surface area contributed by atoms with Crippen molar-refractivity contribution in [2.45, 2.75) is 64.6 Å². The Bertz CT molecular complexity index is 1030. The number of aromatic nitrogens is 4. The molecule has 10 nitrogen and oxygen atoms in total. The summed E-state index contributed by atoms with van der Waals surface area (Å²) in [5, 5.41) is 17.7. The quantitative estimate of drug-likeness (QED) is 0.580. The van der Waals surface area contributed by atoms with Gasteiger partial charge in [-0.2, -0.15) is 0 Å². The second-order valence-electron chi connectivity index (χ2n) is 9.46. The number of ether oxygens (including phenoxy) is 2. The predicted molar refractivity (Wildman–Crippen MR) is 123 cm³/mol. The molecule has 2 aromatic heterocycles. The molecule has 2 unspecified atom stereocenters. The molecule has 34 heavy (non-hydrogen) atoms. The van der Waals surface area contributed by atoms with Gasteiger partial charge < -0.3 is 19.5 Å². The number of carboxylic acids is 1. The topological polar surface area (TPSA) is 120 Å². The van der Waals surface area contributed by atoms with Crippen LogP contribution in [0.15, 0.2) is 12.1 Å². The fourth-order valence-corrected chi connectivity index (χ4v) is 4.37. The van der Waals surface area contributed by atoms with E-state index in [-0.39, 0.29) is 24.7 Å². The standard InChI is InChI=1S/C24H33N5O5/c1-15-21(34-18-7-5-4-6-17(12-18)23(30)31)11-10-19(25-15)22-20(29(3)27-26-22)14-33-24(32)28(2)13-16-8-9-16/h10-11,16-18H,4-9,12-14H2,1-3H3,(H,30,31). The van der Waals surface area contributed by atoms with Gasteiger partial charge in [0.1, 0.15) is 23.7 Å². The molecule has 2 aliphatic carbocycles. The molecule has 4 rings (SSSR count). The van der Waals surface area contributed by atoms with Crippen molar-refractivity contribution in [3.8, 4) is 17.1 Å². The maximum Gasteiger partial charge on any atom is 0.409 e. The third-order valence-corrected chi connectivity index (χ3v) is 6.61. The molecule has 2 atom stereocenters. The zero-order valence-corrected chi connectivity index (χ0v) is 20.1. The number of carboxylic acid groups (broad SMARTS) is 1. The first kappa shape index (κ1) is 24.0. The number of amides is 1. The van der Waals surface area contributed by atoms with Gasteiger partial charge in [0, 0.05) is 20.6 Å². The van der Waals surface area contributed by atoms with Crippen LogP contribution in [0.2, 0.25) is 0 Å². The zero-order chi connectivity index (χ0) is 24.2. The minimum absolute atomic E-state index is 0.0459. The largest absolute Gasteiger partial charge is 0.489 e. The molecule has 10 heteroatoms. The fraction of sp³-hybridized carbons (Fsp3) is 0.625. The first-order chi connectivity index (χ1) is 16.3. The molecule has 1 N–H and O–H groups in total. The van der Waals surface area contributed by atoms with Gasteiger partial charge in [-0.15, -0.1) is 5.10 Å². The average molecular weight is 472 g/mol. The second-order valence-corrected chi connectivity index (χ2v) is 9.46. The molecule has 0 spiro atoms. The molecule has 1 amide bonds. The lowest BCUT2D eigenvalue weighted by Crippen LogP contribution is -2.29. The number of pyridine rings is 1. The lowest BCUT2D eigenvalue weighted by atomic mass is 9.99. The summed E-state index contributed by atoms with van der Waals surface area (Å²) < 4.78 is 13.3. The molecule has 0 aliphatic heterocycles. The van der Waals surface area contributed by atoms with E-state index < -0.39 is 5.97 Å². The Labute approximate surface area is 199 Å². The average Bonchev–Trinajstić information content (AvgIpc) is 3.58. The fourth-order valence-electron chi connectivity index (χ4n) is 4.37. The maximum atomic E-state index is 12.3. The number of rotatable bonds is 8. The van der Waals surface area contributed by atoms with Crippen molar-refractivity contribution >= 4 is 12.1 Å². The van der Waals surface area contributed by atoms with E-state index in [0.29, 0.717) is 53.8 Å². The van der Waals surface area contributed by atoms with Crippen LogP contribution in [-0.2, 0) is 23.2 Å². The van der Waals surface area contributed by atoms with Crippen LogP contribution in [0.4, 0.5) is 4.79 Å². The first-order valence-corrected chi connectivity index (χ1v) is 12.0. The number of aryl methyl sites for hydroxylation is 2. The molecule has 2 aliphatic rings. The van der Waals surface area contributed by atoms with Gasteiger partial charge in [-0.3, -0.25) is 4.79 Å². The molecule has 0 saturated heterocycles. The summed E-state index contributed by atoms with van der Waals surface area (Å²) in [6.45, 7) is 2.61. The summed E-state index contributed by atoms with van der Waals surface area (Å²) in [4.78, 5) is 30.1. The van der Waals surface area contributed by atoms with Crippen LogP contribution in [0, 0.1) is 18.8 Å². The van der Waals surface area contributed by atoms with Crippen molar-refractivity contribution in [2.75, 3.05) is 13.6 Å². The van der Waals surface area contributed by atoms with Crippen molar-refractivity contribution in [3.05, 3.63) is 23.5 Å². The van der Waals surface area contributed by atoms with E-state index in [1.54, 1.807) is 23.7 Å². The van der Waals surface area contributed by atoms with Gasteiger partial charge in [-0.05, 0) is 63.5 Å². The van der Waals surface area contributed by atoms with Gasteiger partial charge >= 0.3 is 12.1 Å². The minimum Gasteiger partial charge on any atom is -0.489 e. The third-order valence-electron chi connectivity index (χ3n) is 6.61. The lowest BCUT2D eigenvalue weighted by Gasteiger charge is -2.20. The second kappa shape index (κ2) is 10.4. The van der Waals surface area contributed by atoms with Gasteiger partial charge in [0.15, 0.2) is 0 Å². The predicted octanol–water partition coefficient (Wildman–Crippen LogP) is 3.58. The molecule has 0 radical (unpaired) electrons. The molecule has 2 saturated carbocycles. The highest BCUT2D eigenvalue weighted by atomic mass is 16.6. The highest BCUT2D eigenvalue weighted by Gasteiger charge is 2.28. The van der Waals surface area contributed by atoms with Gasteiger partial charge in [-0.25, -0.2) is 14.5 Å². The molecule has 2 fully saturated rings. The Balaban J connectivity index is 1.43. The zero-order valence-electron chi connectivity index (χ0n) is 20.1. The Hall–Kier alpha value is -3.17. The smallest absolute Gasteiger partial charge is 0.409 e. The van der Waals surface area contributed by atoms with Gasteiger partial charge in [0.2, 0.25) is 0 Å². The molecule has 0 bridgehead atoms. The van der Waals surface area contributed by atoms with E-state index in [9.17, 15) is 14.7 Å². The van der Waals surface area contributed by atoms with Crippen LogP contribution in [0.25, 0.3) is 11.4 Å².